The lowest BCUT2D eigenvalue weighted by molar-refractivity contribution is -0.122. The predicted molar refractivity (Wildman–Crippen MR) is 144 cm³/mol. The number of rotatable bonds is 9. The van der Waals surface area contributed by atoms with Crippen LogP contribution in [0, 0.1) is 6.92 Å². The molecule has 2 aromatic carbocycles. The van der Waals surface area contributed by atoms with Crippen molar-refractivity contribution in [3.05, 3.63) is 70.8 Å². The Bertz CT molecular complexity index is 1220. The number of ether oxygens (including phenoxy) is 1. The van der Waals surface area contributed by atoms with Gasteiger partial charge in [-0.15, -0.1) is 0 Å². The third kappa shape index (κ3) is 5.26. The molecule has 1 saturated heterocycles. The topological polar surface area (TPSA) is 47.4 Å². The first kappa shape index (κ1) is 24.2. The molecule has 1 fully saturated rings. The number of unbranched alkanes of at least 4 members (excludes halogenated alkanes) is 1. The lowest BCUT2D eigenvalue weighted by atomic mass is 10.0. The van der Waals surface area contributed by atoms with Gasteiger partial charge >= 0.3 is 0 Å². The normalized spacial score (nSPS) is 14.9. The standard InChI is InChI=1S/C27H29N3O2S2/c1-4-6-14-29-26(31)24(34-27(29)33)17-20-18-30(21-10-8-7-9-11-21)28-25(20)23-13-12-22(16-19(23)3)32-15-5-2/h7-13,16-18H,4-6,14-15H2,1-3H3/b24-17-. The third-order valence-electron chi connectivity index (χ3n) is 5.58. The Hall–Kier alpha value is -2.90. The molecule has 1 aromatic heterocycles. The highest BCUT2D eigenvalue weighted by Gasteiger charge is 2.32. The molecule has 0 aliphatic carbocycles. The Balaban J connectivity index is 1.75. The average molecular weight is 492 g/mol. The fourth-order valence-electron chi connectivity index (χ4n) is 3.78. The summed E-state index contributed by atoms with van der Waals surface area (Å²) in [5.41, 5.74) is 4.73. The molecule has 0 unspecified atom stereocenters. The van der Waals surface area contributed by atoms with Crippen molar-refractivity contribution in [1.82, 2.24) is 14.7 Å². The van der Waals surface area contributed by atoms with Crippen LogP contribution in [0.2, 0.25) is 0 Å². The van der Waals surface area contributed by atoms with E-state index in [4.69, 9.17) is 22.1 Å². The van der Waals surface area contributed by atoms with Gasteiger partial charge in [0.1, 0.15) is 15.8 Å². The number of thiocarbonyl (C=S) groups is 1. The van der Waals surface area contributed by atoms with Crippen molar-refractivity contribution < 1.29 is 9.53 Å². The lowest BCUT2D eigenvalue weighted by Gasteiger charge is -2.13. The van der Waals surface area contributed by atoms with E-state index in [9.17, 15) is 4.79 Å². The molecule has 0 saturated carbocycles. The van der Waals surface area contributed by atoms with Gasteiger partial charge in [-0.05, 0) is 61.7 Å². The molecule has 0 bridgehead atoms. The van der Waals surface area contributed by atoms with Crippen molar-refractivity contribution >= 4 is 40.3 Å². The van der Waals surface area contributed by atoms with Crippen LogP contribution in [0.4, 0.5) is 0 Å². The highest BCUT2D eigenvalue weighted by atomic mass is 32.2. The van der Waals surface area contributed by atoms with Crippen LogP contribution in [0.1, 0.15) is 44.2 Å². The minimum Gasteiger partial charge on any atom is -0.494 e. The van der Waals surface area contributed by atoms with Gasteiger partial charge in [-0.25, -0.2) is 4.68 Å². The summed E-state index contributed by atoms with van der Waals surface area (Å²) in [5.74, 6) is 0.825. The van der Waals surface area contributed by atoms with Gasteiger partial charge in [0.25, 0.3) is 5.91 Å². The number of thioether (sulfide) groups is 1. The summed E-state index contributed by atoms with van der Waals surface area (Å²) < 4.78 is 8.29. The Morgan fingerprint density at radius 2 is 1.91 bits per heavy atom. The third-order valence-corrected chi connectivity index (χ3v) is 6.96. The van der Waals surface area contributed by atoms with E-state index in [1.54, 1.807) is 4.90 Å². The summed E-state index contributed by atoms with van der Waals surface area (Å²) in [6.45, 7) is 7.61. The SMILES string of the molecule is CCCCN1C(=O)/C(=C/c2cn(-c3ccccc3)nc2-c2ccc(OCCC)cc2C)SC1=S. The fraction of sp³-hybridized carbons (Fsp3) is 0.296. The minimum absolute atomic E-state index is 0.0260. The quantitative estimate of drug-likeness (QED) is 0.248. The molecular weight excluding hydrogens is 462 g/mol. The maximum atomic E-state index is 13.1. The van der Waals surface area contributed by atoms with Gasteiger partial charge < -0.3 is 4.74 Å². The van der Waals surface area contributed by atoms with Gasteiger partial charge in [0.05, 0.1) is 17.2 Å². The second kappa shape index (κ2) is 11.0. The highest BCUT2D eigenvalue weighted by molar-refractivity contribution is 8.26. The van der Waals surface area contributed by atoms with E-state index in [-0.39, 0.29) is 5.91 Å². The Kier molecular flexibility index (Phi) is 7.85. The van der Waals surface area contributed by atoms with Crippen LogP contribution in [0.3, 0.4) is 0 Å². The smallest absolute Gasteiger partial charge is 0.266 e. The van der Waals surface area contributed by atoms with Gasteiger partial charge in [0, 0.05) is 23.9 Å². The van der Waals surface area contributed by atoms with E-state index in [1.807, 2.05) is 65.5 Å². The highest BCUT2D eigenvalue weighted by Crippen LogP contribution is 2.36. The molecule has 7 heteroatoms. The van der Waals surface area contributed by atoms with Gasteiger partial charge in [-0.2, -0.15) is 5.10 Å². The lowest BCUT2D eigenvalue weighted by Crippen LogP contribution is -2.28. The van der Waals surface area contributed by atoms with E-state index in [2.05, 4.69) is 20.8 Å². The number of nitrogens with zero attached hydrogens (tertiary/aromatic N) is 3. The monoisotopic (exact) mass is 491 g/mol. The van der Waals surface area contributed by atoms with Crippen LogP contribution in [-0.2, 0) is 4.79 Å². The molecule has 0 radical (unpaired) electrons. The van der Waals surface area contributed by atoms with Crippen LogP contribution in [0.15, 0.2) is 59.6 Å². The van der Waals surface area contributed by atoms with Crippen LogP contribution in [0.25, 0.3) is 23.0 Å². The zero-order valence-electron chi connectivity index (χ0n) is 19.8. The minimum atomic E-state index is -0.0260. The summed E-state index contributed by atoms with van der Waals surface area (Å²) in [5, 5.41) is 4.92. The second-order valence-corrected chi connectivity index (χ2v) is 9.90. The van der Waals surface area contributed by atoms with Crippen LogP contribution in [0.5, 0.6) is 5.75 Å². The zero-order chi connectivity index (χ0) is 24.1. The summed E-state index contributed by atoms with van der Waals surface area (Å²) >= 11 is 6.86. The van der Waals surface area contributed by atoms with Gasteiger partial charge in [-0.3, -0.25) is 9.69 Å². The Morgan fingerprint density at radius 3 is 2.62 bits per heavy atom. The summed E-state index contributed by atoms with van der Waals surface area (Å²) in [4.78, 5) is 15.4. The van der Waals surface area contributed by atoms with E-state index < -0.39 is 0 Å². The molecule has 0 N–H and O–H groups in total. The number of amides is 1. The first-order valence-corrected chi connectivity index (χ1v) is 12.9. The number of aromatic nitrogens is 2. The van der Waals surface area contributed by atoms with Crippen LogP contribution in [-0.4, -0.2) is 38.1 Å². The van der Waals surface area contributed by atoms with Crippen molar-refractivity contribution in [3.8, 4) is 22.7 Å². The molecule has 0 atom stereocenters. The van der Waals surface area contributed by atoms with Crippen molar-refractivity contribution in [2.24, 2.45) is 0 Å². The second-order valence-electron chi connectivity index (χ2n) is 8.23. The molecule has 176 valence electrons. The summed E-state index contributed by atoms with van der Waals surface area (Å²) in [6.07, 6.45) is 6.81. The van der Waals surface area contributed by atoms with Crippen LogP contribution >= 0.6 is 24.0 Å². The zero-order valence-corrected chi connectivity index (χ0v) is 21.4. The first-order valence-electron chi connectivity index (χ1n) is 11.7. The maximum absolute atomic E-state index is 13.1. The van der Waals surface area contributed by atoms with Crippen molar-refractivity contribution in [2.45, 2.75) is 40.0 Å². The molecule has 4 rings (SSSR count). The molecule has 1 amide bonds. The number of aryl methyl sites for hydroxylation is 1. The van der Waals surface area contributed by atoms with Gasteiger partial charge in [0.2, 0.25) is 0 Å². The molecule has 34 heavy (non-hydrogen) atoms. The first-order chi connectivity index (χ1) is 16.5. The summed E-state index contributed by atoms with van der Waals surface area (Å²) in [6, 6.07) is 16.0. The molecule has 2 heterocycles. The van der Waals surface area contributed by atoms with Crippen molar-refractivity contribution in [2.75, 3.05) is 13.2 Å². The molecule has 0 spiro atoms. The van der Waals surface area contributed by atoms with E-state index in [0.29, 0.717) is 22.4 Å². The number of hydrogen-bond donors (Lipinski definition) is 0. The average Bonchev–Trinajstić information content (AvgIpc) is 3.37. The number of carbonyl (C=O) groups is 1. The van der Waals surface area contributed by atoms with Gasteiger partial charge in [0.15, 0.2) is 0 Å². The fourth-order valence-corrected chi connectivity index (χ4v) is 5.08. The Morgan fingerprint density at radius 1 is 1.12 bits per heavy atom. The molecule has 1 aliphatic rings. The molecule has 5 nitrogen and oxygen atoms in total. The van der Waals surface area contributed by atoms with E-state index in [1.165, 1.54) is 11.8 Å². The number of hydrogen-bond acceptors (Lipinski definition) is 5. The van der Waals surface area contributed by atoms with Crippen molar-refractivity contribution in [1.29, 1.82) is 0 Å². The maximum Gasteiger partial charge on any atom is 0.266 e. The van der Waals surface area contributed by atoms with Crippen molar-refractivity contribution in [3.63, 3.8) is 0 Å². The van der Waals surface area contributed by atoms with Crippen LogP contribution < -0.4 is 4.74 Å². The van der Waals surface area contributed by atoms with E-state index >= 15 is 0 Å². The number of carbonyl (C=O) groups excluding carboxylic acids is 1. The number of para-hydroxylation sites is 1. The Labute approximate surface area is 210 Å². The largest absolute Gasteiger partial charge is 0.494 e. The van der Waals surface area contributed by atoms with Gasteiger partial charge in [-0.1, -0.05) is 62.4 Å². The molecular formula is C27H29N3O2S2. The molecule has 1 aliphatic heterocycles. The molecule has 3 aromatic rings. The van der Waals surface area contributed by atoms with E-state index in [0.717, 1.165) is 53.1 Å². The predicted octanol–water partition coefficient (Wildman–Crippen LogP) is 6.64. The number of benzene rings is 2. The summed E-state index contributed by atoms with van der Waals surface area (Å²) in [7, 11) is 0.